The minimum atomic E-state index is -0.383. The standard InChI is InChI=1S/C17H26O3/c1-5-20-15-8-13(9-15)10-16(18)14-6-11(2)17(19-4)12(3)7-14/h6-7,13,15-16,18H,5,8-10H2,1-4H3. The van der Waals surface area contributed by atoms with Crippen LogP contribution in [0.3, 0.4) is 0 Å². The van der Waals surface area contributed by atoms with Crippen LogP contribution in [0.1, 0.15) is 49.0 Å². The molecule has 1 aromatic rings. The third kappa shape index (κ3) is 3.33. The lowest BCUT2D eigenvalue weighted by Gasteiger charge is -2.36. The van der Waals surface area contributed by atoms with Gasteiger partial charge in [0.15, 0.2) is 0 Å². The Labute approximate surface area is 121 Å². The first kappa shape index (κ1) is 15.3. The molecule has 0 saturated heterocycles. The third-order valence-corrected chi connectivity index (χ3v) is 4.22. The van der Waals surface area contributed by atoms with E-state index in [1.807, 2.05) is 32.9 Å². The second-order valence-electron chi connectivity index (χ2n) is 5.85. The van der Waals surface area contributed by atoms with Gasteiger partial charge < -0.3 is 14.6 Å². The summed E-state index contributed by atoms with van der Waals surface area (Å²) in [6.07, 6.45) is 3.02. The van der Waals surface area contributed by atoms with Crippen molar-refractivity contribution in [2.75, 3.05) is 13.7 Å². The van der Waals surface area contributed by atoms with Crippen LogP contribution < -0.4 is 4.74 Å². The lowest BCUT2D eigenvalue weighted by atomic mass is 9.77. The molecule has 1 saturated carbocycles. The van der Waals surface area contributed by atoms with Crippen LogP contribution in [0.15, 0.2) is 12.1 Å². The molecule has 3 heteroatoms. The van der Waals surface area contributed by atoms with Crippen LogP contribution in [0.2, 0.25) is 0 Å². The summed E-state index contributed by atoms with van der Waals surface area (Å²) in [5.41, 5.74) is 3.17. The minimum absolute atomic E-state index is 0.383. The molecule has 3 nitrogen and oxygen atoms in total. The number of rotatable bonds is 6. The van der Waals surface area contributed by atoms with Crippen molar-refractivity contribution in [3.8, 4) is 5.75 Å². The number of aryl methyl sites for hydroxylation is 2. The van der Waals surface area contributed by atoms with E-state index in [0.29, 0.717) is 12.0 Å². The summed E-state index contributed by atoms with van der Waals surface area (Å²) in [7, 11) is 1.69. The van der Waals surface area contributed by atoms with E-state index in [9.17, 15) is 5.11 Å². The number of aliphatic hydroxyl groups excluding tert-OH is 1. The van der Waals surface area contributed by atoms with Crippen molar-refractivity contribution in [2.45, 2.75) is 52.2 Å². The van der Waals surface area contributed by atoms with Gasteiger partial charge in [-0.15, -0.1) is 0 Å². The van der Waals surface area contributed by atoms with E-state index in [-0.39, 0.29) is 6.10 Å². The minimum Gasteiger partial charge on any atom is -0.496 e. The van der Waals surface area contributed by atoms with Gasteiger partial charge in [-0.2, -0.15) is 0 Å². The highest BCUT2D eigenvalue weighted by molar-refractivity contribution is 5.43. The molecule has 0 aromatic heterocycles. The first-order valence-electron chi connectivity index (χ1n) is 7.49. The van der Waals surface area contributed by atoms with Crippen molar-refractivity contribution in [2.24, 2.45) is 5.92 Å². The molecule has 2 rings (SSSR count). The molecule has 0 bridgehead atoms. The van der Waals surface area contributed by atoms with Crippen molar-refractivity contribution in [3.63, 3.8) is 0 Å². The Bertz CT molecular complexity index is 427. The largest absolute Gasteiger partial charge is 0.496 e. The van der Waals surface area contributed by atoms with Crippen LogP contribution in [-0.2, 0) is 4.74 Å². The van der Waals surface area contributed by atoms with E-state index >= 15 is 0 Å². The van der Waals surface area contributed by atoms with Crippen LogP contribution in [0.5, 0.6) is 5.75 Å². The van der Waals surface area contributed by atoms with Crippen molar-refractivity contribution < 1.29 is 14.6 Å². The van der Waals surface area contributed by atoms with Crippen LogP contribution in [0.25, 0.3) is 0 Å². The number of benzene rings is 1. The molecule has 1 N–H and O–H groups in total. The highest BCUT2D eigenvalue weighted by Gasteiger charge is 2.31. The topological polar surface area (TPSA) is 38.7 Å². The molecule has 1 aliphatic rings. The quantitative estimate of drug-likeness (QED) is 0.865. The van der Waals surface area contributed by atoms with E-state index in [2.05, 4.69) is 0 Å². The molecule has 0 heterocycles. The van der Waals surface area contributed by atoms with Crippen molar-refractivity contribution in [1.82, 2.24) is 0 Å². The average Bonchev–Trinajstić information content (AvgIpc) is 2.35. The van der Waals surface area contributed by atoms with E-state index in [1.54, 1.807) is 7.11 Å². The summed E-state index contributed by atoms with van der Waals surface area (Å²) in [4.78, 5) is 0. The van der Waals surface area contributed by atoms with E-state index in [1.165, 1.54) is 0 Å². The monoisotopic (exact) mass is 278 g/mol. The zero-order valence-corrected chi connectivity index (χ0v) is 13.0. The Morgan fingerprint density at radius 1 is 1.25 bits per heavy atom. The summed E-state index contributed by atoms with van der Waals surface area (Å²) in [5, 5.41) is 10.4. The van der Waals surface area contributed by atoms with Gasteiger partial charge in [-0.25, -0.2) is 0 Å². The van der Waals surface area contributed by atoms with E-state index in [4.69, 9.17) is 9.47 Å². The molecule has 20 heavy (non-hydrogen) atoms. The van der Waals surface area contributed by atoms with Gasteiger partial charge >= 0.3 is 0 Å². The van der Waals surface area contributed by atoms with Gasteiger partial charge in [0, 0.05) is 6.61 Å². The summed E-state index contributed by atoms with van der Waals surface area (Å²) in [6.45, 7) is 6.87. The molecular formula is C17H26O3. The number of methoxy groups -OCH3 is 1. The first-order valence-corrected chi connectivity index (χ1v) is 7.49. The lowest BCUT2D eigenvalue weighted by Crippen LogP contribution is -2.32. The van der Waals surface area contributed by atoms with Gasteiger partial charge in [0.1, 0.15) is 5.75 Å². The fourth-order valence-corrected chi connectivity index (χ4v) is 3.19. The maximum atomic E-state index is 10.4. The summed E-state index contributed by atoms with van der Waals surface area (Å²) in [6, 6.07) is 4.07. The Balaban J connectivity index is 1.95. The third-order valence-electron chi connectivity index (χ3n) is 4.22. The molecular weight excluding hydrogens is 252 g/mol. The Hall–Kier alpha value is -1.06. The van der Waals surface area contributed by atoms with Crippen LogP contribution in [0.4, 0.5) is 0 Å². The summed E-state index contributed by atoms with van der Waals surface area (Å²) in [5.74, 6) is 1.50. The second kappa shape index (κ2) is 6.59. The SMILES string of the molecule is CCOC1CC(CC(O)c2cc(C)c(OC)c(C)c2)C1. The Kier molecular flexibility index (Phi) is 5.06. The maximum absolute atomic E-state index is 10.4. The van der Waals surface area contributed by atoms with Crippen LogP contribution in [-0.4, -0.2) is 24.9 Å². The van der Waals surface area contributed by atoms with E-state index in [0.717, 1.165) is 48.3 Å². The van der Waals surface area contributed by atoms with Crippen LogP contribution in [0, 0.1) is 19.8 Å². The van der Waals surface area contributed by atoms with Gasteiger partial charge in [-0.1, -0.05) is 0 Å². The highest BCUT2D eigenvalue weighted by Crippen LogP contribution is 2.38. The zero-order chi connectivity index (χ0) is 14.7. The molecule has 1 fully saturated rings. The highest BCUT2D eigenvalue weighted by atomic mass is 16.5. The molecule has 0 amide bonds. The van der Waals surface area contributed by atoms with Gasteiger partial charge in [0.25, 0.3) is 0 Å². The lowest BCUT2D eigenvalue weighted by molar-refractivity contribution is -0.0380. The smallest absolute Gasteiger partial charge is 0.124 e. The van der Waals surface area contributed by atoms with E-state index < -0.39 is 0 Å². The average molecular weight is 278 g/mol. The molecule has 0 radical (unpaired) electrons. The number of hydrogen-bond acceptors (Lipinski definition) is 3. The molecule has 1 aliphatic carbocycles. The molecule has 1 unspecified atom stereocenters. The fourth-order valence-electron chi connectivity index (χ4n) is 3.19. The predicted molar refractivity (Wildman–Crippen MR) is 80.2 cm³/mol. The Morgan fingerprint density at radius 2 is 1.85 bits per heavy atom. The van der Waals surface area contributed by atoms with Crippen molar-refractivity contribution >= 4 is 0 Å². The molecule has 0 aliphatic heterocycles. The molecule has 1 atom stereocenters. The van der Waals surface area contributed by atoms with Gasteiger partial charge in [0.2, 0.25) is 0 Å². The predicted octanol–water partition coefficient (Wildman–Crippen LogP) is 3.55. The number of ether oxygens (including phenoxy) is 2. The van der Waals surface area contributed by atoms with Crippen molar-refractivity contribution in [3.05, 3.63) is 28.8 Å². The van der Waals surface area contributed by atoms with Crippen LogP contribution >= 0.6 is 0 Å². The first-order chi connectivity index (χ1) is 9.55. The van der Waals surface area contributed by atoms with Gasteiger partial charge in [0.05, 0.1) is 19.3 Å². The molecule has 112 valence electrons. The number of hydrogen-bond donors (Lipinski definition) is 1. The zero-order valence-electron chi connectivity index (χ0n) is 13.0. The second-order valence-corrected chi connectivity index (χ2v) is 5.85. The Morgan fingerprint density at radius 3 is 2.35 bits per heavy atom. The maximum Gasteiger partial charge on any atom is 0.124 e. The fraction of sp³-hybridized carbons (Fsp3) is 0.647. The summed E-state index contributed by atoms with van der Waals surface area (Å²) < 4.78 is 10.9. The molecule has 0 spiro atoms. The summed E-state index contributed by atoms with van der Waals surface area (Å²) >= 11 is 0. The normalized spacial score (nSPS) is 23.2. The molecule has 1 aromatic carbocycles. The number of aliphatic hydroxyl groups is 1. The van der Waals surface area contributed by atoms with Gasteiger partial charge in [-0.05, 0) is 74.8 Å². The van der Waals surface area contributed by atoms with Crippen molar-refractivity contribution in [1.29, 1.82) is 0 Å². The van der Waals surface area contributed by atoms with Gasteiger partial charge in [-0.3, -0.25) is 0 Å².